The minimum atomic E-state index is -0.706. The summed E-state index contributed by atoms with van der Waals surface area (Å²) in [7, 11) is 0. The Morgan fingerprint density at radius 3 is 2.61 bits per heavy atom. The molecule has 1 aromatic rings. The maximum absolute atomic E-state index is 10.7. The number of unbranched alkanes of at least 4 members (excludes halogenated alkanes) is 1. The smallest absolute Gasteiger partial charge is 0.303 e. The van der Waals surface area contributed by atoms with E-state index in [4.69, 9.17) is 28.3 Å². The third-order valence-electron chi connectivity index (χ3n) is 6.44. The lowest BCUT2D eigenvalue weighted by Gasteiger charge is -2.44. The van der Waals surface area contributed by atoms with Gasteiger partial charge in [0.15, 0.2) is 0 Å². The van der Waals surface area contributed by atoms with Crippen molar-refractivity contribution in [1.82, 2.24) is 0 Å². The van der Waals surface area contributed by atoms with Crippen LogP contribution in [0.4, 0.5) is 0 Å². The highest BCUT2D eigenvalue weighted by molar-refractivity contribution is 6.35. The monoisotopic (exact) mass is 420 g/mol. The average molecular weight is 421 g/mol. The topological polar surface area (TPSA) is 37.3 Å². The number of carbonyl (C=O) groups is 1. The molecular weight excluding hydrogens is 391 g/mol. The number of hydrogen-bond acceptors (Lipinski definition) is 1. The molecule has 1 saturated carbocycles. The summed E-state index contributed by atoms with van der Waals surface area (Å²) in [6, 6.07) is 3.84. The lowest BCUT2D eigenvalue weighted by Crippen LogP contribution is -2.35. The fourth-order valence-corrected chi connectivity index (χ4v) is 5.71. The number of rotatable bonds is 9. The average Bonchev–Trinajstić information content (AvgIpc) is 2.65. The SMILES string of the molecule is Cc1cc(Cl)cc(Cl)c1CCC[C@@H]1[C@@H](/C=C\CCCC(=O)O)[C@@H]2C=C[C@H]1CC2. The molecule has 0 aromatic heterocycles. The van der Waals surface area contributed by atoms with Crippen LogP contribution < -0.4 is 0 Å². The molecule has 2 nitrogen and oxygen atoms in total. The largest absolute Gasteiger partial charge is 0.481 e. The first-order chi connectivity index (χ1) is 13.5. The summed E-state index contributed by atoms with van der Waals surface area (Å²) in [6.45, 7) is 2.08. The Morgan fingerprint density at radius 2 is 1.93 bits per heavy atom. The minimum absolute atomic E-state index is 0.256. The van der Waals surface area contributed by atoms with Crippen LogP contribution >= 0.6 is 23.2 Å². The Bertz CT molecular complexity index is 730. The van der Waals surface area contributed by atoms with Crippen LogP contribution in [-0.4, -0.2) is 11.1 Å². The molecule has 1 N–H and O–H groups in total. The molecule has 3 aliphatic rings. The van der Waals surface area contributed by atoms with Crippen molar-refractivity contribution in [3.8, 4) is 0 Å². The molecule has 0 heterocycles. The van der Waals surface area contributed by atoms with Crippen LogP contribution in [0.3, 0.4) is 0 Å². The van der Waals surface area contributed by atoms with E-state index in [1.165, 1.54) is 30.4 Å². The number of halogens is 2. The van der Waals surface area contributed by atoms with Crippen LogP contribution in [0.1, 0.15) is 56.1 Å². The highest BCUT2D eigenvalue weighted by Gasteiger charge is 2.38. The molecular formula is C24H30Cl2O2. The molecule has 0 aliphatic heterocycles. The maximum atomic E-state index is 10.7. The molecule has 152 valence electrons. The fourth-order valence-electron chi connectivity index (χ4n) is 5.02. The first kappa shape index (κ1) is 21.5. The van der Waals surface area contributed by atoms with Gasteiger partial charge in [-0.25, -0.2) is 0 Å². The zero-order chi connectivity index (χ0) is 20.1. The standard InChI is InChI=1S/C24H30Cl2O2/c1-16-14-19(25)15-23(26)20(16)7-5-8-22-18-12-10-17(11-13-18)21(22)6-3-2-4-9-24(27)28/h3,6,10,12,14-15,17-18,21-22H,2,4-5,7-9,11,13H2,1H3,(H,27,28)/b6-3-/t17-,18+,21+,22+/m1/s1. The van der Waals surface area contributed by atoms with Gasteiger partial charge in [0.1, 0.15) is 0 Å². The van der Waals surface area contributed by atoms with Crippen LogP contribution in [0, 0.1) is 30.6 Å². The predicted molar refractivity (Wildman–Crippen MR) is 117 cm³/mol. The Labute approximate surface area is 178 Å². The number of hydrogen-bond donors (Lipinski definition) is 1. The Kier molecular flexibility index (Phi) is 7.65. The zero-order valence-corrected chi connectivity index (χ0v) is 18.1. The minimum Gasteiger partial charge on any atom is -0.481 e. The van der Waals surface area contributed by atoms with Crippen molar-refractivity contribution in [2.45, 2.75) is 58.3 Å². The predicted octanol–water partition coefficient (Wildman–Crippen LogP) is 7.26. The lowest BCUT2D eigenvalue weighted by atomic mass is 9.61. The van der Waals surface area contributed by atoms with Gasteiger partial charge in [-0.2, -0.15) is 0 Å². The van der Waals surface area contributed by atoms with Crippen molar-refractivity contribution in [2.75, 3.05) is 0 Å². The van der Waals surface area contributed by atoms with Gasteiger partial charge in [0.25, 0.3) is 0 Å². The van der Waals surface area contributed by atoms with Gasteiger partial charge in [-0.05, 0) is 98.8 Å². The van der Waals surface area contributed by atoms with E-state index >= 15 is 0 Å². The molecule has 0 saturated heterocycles. The zero-order valence-electron chi connectivity index (χ0n) is 16.5. The van der Waals surface area contributed by atoms with Gasteiger partial charge in [-0.15, -0.1) is 0 Å². The van der Waals surface area contributed by atoms with Crippen molar-refractivity contribution in [2.24, 2.45) is 23.7 Å². The molecule has 2 bridgehead atoms. The van der Waals surface area contributed by atoms with Crippen molar-refractivity contribution in [3.05, 3.63) is 57.6 Å². The van der Waals surface area contributed by atoms with E-state index < -0.39 is 5.97 Å². The highest BCUT2D eigenvalue weighted by Crippen LogP contribution is 2.47. The van der Waals surface area contributed by atoms with Gasteiger partial charge >= 0.3 is 5.97 Å². The molecule has 1 aromatic carbocycles. The summed E-state index contributed by atoms with van der Waals surface area (Å²) in [5.74, 6) is 1.90. The highest BCUT2D eigenvalue weighted by atomic mass is 35.5. The second-order valence-electron chi connectivity index (χ2n) is 8.32. The van der Waals surface area contributed by atoms with E-state index in [9.17, 15) is 4.79 Å². The number of allylic oxidation sites excluding steroid dienone is 4. The third kappa shape index (κ3) is 5.42. The first-order valence-electron chi connectivity index (χ1n) is 10.5. The summed E-state index contributed by atoms with van der Waals surface area (Å²) < 4.78 is 0. The van der Waals surface area contributed by atoms with Gasteiger partial charge in [-0.3, -0.25) is 4.79 Å². The Hall–Kier alpha value is -1.25. The van der Waals surface area contributed by atoms with Crippen molar-refractivity contribution in [3.63, 3.8) is 0 Å². The van der Waals surface area contributed by atoms with Crippen LogP contribution in [-0.2, 0) is 11.2 Å². The maximum Gasteiger partial charge on any atom is 0.303 e. The van der Waals surface area contributed by atoms with Gasteiger partial charge < -0.3 is 5.11 Å². The quantitative estimate of drug-likeness (QED) is 0.336. The number of aryl methyl sites for hydroxylation is 1. The molecule has 0 unspecified atom stereocenters. The molecule has 4 heteroatoms. The fraction of sp³-hybridized carbons (Fsp3) is 0.542. The van der Waals surface area contributed by atoms with Crippen molar-refractivity contribution < 1.29 is 9.90 Å². The summed E-state index contributed by atoms with van der Waals surface area (Å²) in [6.07, 6.45) is 17.2. The molecule has 0 radical (unpaired) electrons. The van der Waals surface area contributed by atoms with Gasteiger partial charge in [0.2, 0.25) is 0 Å². The number of aliphatic carboxylic acids is 1. The van der Waals surface area contributed by atoms with Gasteiger partial charge in [-0.1, -0.05) is 47.5 Å². The second kappa shape index (κ2) is 9.98. The van der Waals surface area contributed by atoms with Gasteiger partial charge in [0.05, 0.1) is 0 Å². The molecule has 1 fully saturated rings. The number of benzene rings is 1. The van der Waals surface area contributed by atoms with Crippen LogP contribution in [0.25, 0.3) is 0 Å². The Balaban J connectivity index is 1.58. The third-order valence-corrected chi connectivity index (χ3v) is 7.00. The number of carboxylic acid groups (broad SMARTS) is 1. The molecule has 0 spiro atoms. The van der Waals surface area contributed by atoms with Gasteiger partial charge in [0, 0.05) is 16.5 Å². The van der Waals surface area contributed by atoms with E-state index in [1.54, 1.807) is 0 Å². The summed E-state index contributed by atoms with van der Waals surface area (Å²) in [5.41, 5.74) is 2.40. The number of fused-ring (bicyclic) bond motifs is 2. The van der Waals surface area contributed by atoms with Crippen molar-refractivity contribution >= 4 is 29.2 Å². The van der Waals surface area contributed by atoms with E-state index in [1.807, 2.05) is 12.1 Å². The van der Waals surface area contributed by atoms with E-state index in [-0.39, 0.29) is 6.42 Å². The van der Waals surface area contributed by atoms with E-state index in [2.05, 4.69) is 31.2 Å². The summed E-state index contributed by atoms with van der Waals surface area (Å²) in [4.78, 5) is 10.7. The number of carboxylic acids is 1. The van der Waals surface area contributed by atoms with E-state index in [0.717, 1.165) is 30.7 Å². The van der Waals surface area contributed by atoms with Crippen LogP contribution in [0.5, 0.6) is 0 Å². The second-order valence-corrected chi connectivity index (χ2v) is 9.16. The molecule has 3 aliphatic carbocycles. The van der Waals surface area contributed by atoms with Crippen LogP contribution in [0.2, 0.25) is 10.0 Å². The molecule has 28 heavy (non-hydrogen) atoms. The molecule has 4 atom stereocenters. The van der Waals surface area contributed by atoms with E-state index in [0.29, 0.717) is 28.7 Å². The lowest BCUT2D eigenvalue weighted by molar-refractivity contribution is -0.137. The van der Waals surface area contributed by atoms with Crippen LogP contribution in [0.15, 0.2) is 36.4 Å². The summed E-state index contributed by atoms with van der Waals surface area (Å²) >= 11 is 12.5. The Morgan fingerprint density at radius 1 is 1.18 bits per heavy atom. The molecule has 4 rings (SSSR count). The first-order valence-corrected chi connectivity index (χ1v) is 11.2. The van der Waals surface area contributed by atoms with Crippen molar-refractivity contribution in [1.29, 1.82) is 0 Å². The molecule has 0 amide bonds. The normalized spacial score (nSPS) is 26.2. The summed E-state index contributed by atoms with van der Waals surface area (Å²) in [5, 5.41) is 10.3.